The molecule has 14 heteroatoms. The molecule has 0 unspecified atom stereocenters. The largest absolute Gasteiger partial charge is 0.377 e. The molecule has 1 atom stereocenters. The topological polar surface area (TPSA) is 126 Å². The van der Waals surface area contributed by atoms with Gasteiger partial charge in [-0.05, 0) is 37.7 Å². The van der Waals surface area contributed by atoms with Crippen molar-refractivity contribution in [2.75, 3.05) is 24.7 Å². The first-order chi connectivity index (χ1) is 16.8. The second-order valence-electron chi connectivity index (χ2n) is 9.12. The van der Waals surface area contributed by atoms with Gasteiger partial charge in [0.15, 0.2) is 15.7 Å². The van der Waals surface area contributed by atoms with E-state index < -0.39 is 27.0 Å². The van der Waals surface area contributed by atoms with E-state index in [1.54, 1.807) is 10.5 Å². The first-order valence-electron chi connectivity index (χ1n) is 11.2. The molecule has 1 N–H and O–H groups in total. The Morgan fingerprint density at radius 2 is 2.14 bits per heavy atom. The fourth-order valence-electron chi connectivity index (χ4n) is 4.46. The van der Waals surface area contributed by atoms with Gasteiger partial charge in [0.25, 0.3) is 6.43 Å². The van der Waals surface area contributed by atoms with Crippen molar-refractivity contribution in [3.8, 4) is 16.8 Å². The number of hydrogen-bond donors (Lipinski definition) is 1. The number of rotatable bonds is 7. The quantitative estimate of drug-likeness (QED) is 0.501. The van der Waals surface area contributed by atoms with E-state index in [0.29, 0.717) is 55.5 Å². The average molecular weight is 524 g/mol. The van der Waals surface area contributed by atoms with Crippen molar-refractivity contribution in [2.45, 2.75) is 48.6 Å². The molecule has 186 valence electrons. The molecule has 4 heterocycles. The molecule has 0 radical (unpaired) electrons. The molecule has 10 nitrogen and oxygen atoms in total. The van der Waals surface area contributed by atoms with E-state index in [-0.39, 0.29) is 17.4 Å². The monoisotopic (exact) mass is 523 g/mol. The molecule has 35 heavy (non-hydrogen) atoms. The number of pyridine rings is 1. The number of nitriles is 1. The molecule has 0 spiro atoms. The Kier molecular flexibility index (Phi) is 5.29. The van der Waals surface area contributed by atoms with Crippen molar-refractivity contribution in [3.63, 3.8) is 0 Å². The molecule has 0 aromatic carbocycles. The highest BCUT2D eigenvalue weighted by molar-refractivity contribution is 7.89. The Labute approximate surface area is 205 Å². The van der Waals surface area contributed by atoms with Crippen LogP contribution in [0.3, 0.4) is 0 Å². The number of morpholine rings is 1. The van der Waals surface area contributed by atoms with Gasteiger partial charge in [0, 0.05) is 14.2 Å². The van der Waals surface area contributed by atoms with Crippen LogP contribution in [-0.4, -0.2) is 59.3 Å². The maximum atomic E-state index is 13.4. The maximum absolute atomic E-state index is 13.4. The van der Waals surface area contributed by atoms with Crippen LogP contribution < -0.4 is 9.62 Å². The number of alkyl halides is 2. The van der Waals surface area contributed by atoms with Crippen LogP contribution in [0.15, 0.2) is 23.4 Å². The van der Waals surface area contributed by atoms with Crippen molar-refractivity contribution in [1.82, 2.24) is 24.3 Å². The fourth-order valence-corrected chi connectivity index (χ4v) is 6.56. The van der Waals surface area contributed by atoms with Crippen LogP contribution in [0.5, 0.6) is 0 Å². The molecule has 0 amide bonds. The third-order valence-electron chi connectivity index (χ3n) is 6.65. The zero-order chi connectivity index (χ0) is 24.4. The number of imidazole rings is 1. The molecule has 0 bridgehead atoms. The highest BCUT2D eigenvalue weighted by Gasteiger charge is 2.47. The Balaban J connectivity index is 0.00000267. The first kappa shape index (κ1) is 22.7. The fraction of sp³-hybridized carbons (Fsp3) is 0.524. The standard InChI is InChI=1S/C21H21F2N7O3S2.H2/c22-17(23)20-27-26-19(34-20)15-8-25-18-14(29-5-6-33-10-16(29)12-1-2-12)7-13(9-30(15)18)35(31,32)28-21(11-24)3-4-21;/h7-9,12,16-17,28H,1-6,10H2;1H/t16-;/m1./s1. The van der Waals surface area contributed by atoms with Crippen LogP contribution in [0, 0.1) is 17.2 Å². The summed E-state index contributed by atoms with van der Waals surface area (Å²) >= 11 is 0.733. The van der Waals surface area contributed by atoms with Crippen molar-refractivity contribution in [2.24, 2.45) is 5.92 Å². The first-order valence-corrected chi connectivity index (χ1v) is 13.5. The molecule has 2 saturated carbocycles. The number of fused-ring (bicyclic) bond motifs is 1. The second kappa shape index (κ2) is 8.16. The number of ether oxygens (including phenoxy) is 1. The SMILES string of the molecule is N#CC1(NS(=O)(=O)c2cc(N3CCOC[C@@H]3C3CC3)c3ncc(-c4nnc(C(F)F)s4)n3c2)CC1.[HH]. The molecule has 6 rings (SSSR count). The molecular weight excluding hydrogens is 500 g/mol. The number of nitrogens with one attached hydrogen (secondary N) is 1. The Bertz CT molecular complexity index is 1450. The van der Waals surface area contributed by atoms with Gasteiger partial charge in [-0.3, -0.25) is 4.40 Å². The van der Waals surface area contributed by atoms with Crippen LogP contribution in [-0.2, 0) is 14.8 Å². The van der Waals surface area contributed by atoms with Crippen LogP contribution in [0.1, 0.15) is 38.5 Å². The number of aromatic nitrogens is 4. The molecule has 1 aliphatic heterocycles. The zero-order valence-corrected chi connectivity index (χ0v) is 20.0. The summed E-state index contributed by atoms with van der Waals surface area (Å²) in [4.78, 5) is 6.62. The van der Waals surface area contributed by atoms with E-state index in [4.69, 9.17) is 4.74 Å². The van der Waals surface area contributed by atoms with Gasteiger partial charge >= 0.3 is 0 Å². The summed E-state index contributed by atoms with van der Waals surface area (Å²) < 4.78 is 62.8. The van der Waals surface area contributed by atoms with E-state index in [1.807, 2.05) is 6.07 Å². The van der Waals surface area contributed by atoms with E-state index in [1.165, 1.54) is 12.4 Å². The van der Waals surface area contributed by atoms with E-state index in [0.717, 1.165) is 24.2 Å². The van der Waals surface area contributed by atoms with E-state index in [9.17, 15) is 22.5 Å². The van der Waals surface area contributed by atoms with Gasteiger partial charge in [-0.25, -0.2) is 22.2 Å². The number of sulfonamides is 1. The normalized spacial score (nSPS) is 22.0. The predicted octanol–water partition coefficient (Wildman–Crippen LogP) is 2.99. The Morgan fingerprint density at radius 3 is 2.80 bits per heavy atom. The van der Waals surface area contributed by atoms with Gasteiger partial charge in [0.1, 0.15) is 16.1 Å². The lowest BCUT2D eigenvalue weighted by Crippen LogP contribution is -2.47. The third kappa shape index (κ3) is 4.06. The van der Waals surface area contributed by atoms with Gasteiger partial charge in [-0.1, -0.05) is 11.3 Å². The van der Waals surface area contributed by atoms with Crippen LogP contribution in [0.4, 0.5) is 14.5 Å². The van der Waals surface area contributed by atoms with Gasteiger partial charge in [-0.15, -0.1) is 10.2 Å². The zero-order valence-electron chi connectivity index (χ0n) is 18.4. The summed E-state index contributed by atoms with van der Waals surface area (Å²) in [6.45, 7) is 1.58. The van der Waals surface area contributed by atoms with Crippen molar-refractivity contribution in [1.29, 1.82) is 5.26 Å². The van der Waals surface area contributed by atoms with Gasteiger partial charge in [-0.2, -0.15) is 9.98 Å². The maximum Gasteiger partial charge on any atom is 0.291 e. The van der Waals surface area contributed by atoms with Crippen LogP contribution >= 0.6 is 11.3 Å². The number of halogens is 2. The smallest absolute Gasteiger partial charge is 0.291 e. The molecule has 3 fully saturated rings. The lowest BCUT2D eigenvalue weighted by atomic mass is 10.1. The minimum Gasteiger partial charge on any atom is -0.377 e. The molecule has 3 aliphatic rings. The highest BCUT2D eigenvalue weighted by atomic mass is 32.2. The minimum atomic E-state index is -4.06. The number of hydrogen-bond acceptors (Lipinski definition) is 9. The summed E-state index contributed by atoms with van der Waals surface area (Å²) in [5.74, 6) is 0.452. The third-order valence-corrected chi connectivity index (χ3v) is 9.11. The van der Waals surface area contributed by atoms with Crippen molar-refractivity contribution in [3.05, 3.63) is 23.5 Å². The summed E-state index contributed by atoms with van der Waals surface area (Å²) in [6.07, 6.45) is 3.17. The average Bonchev–Trinajstić information content (AvgIpc) is 3.74. The lowest BCUT2D eigenvalue weighted by molar-refractivity contribution is 0.0879. The highest BCUT2D eigenvalue weighted by Crippen LogP contribution is 2.41. The Hall–Kier alpha value is -2.73. The van der Waals surface area contributed by atoms with Crippen molar-refractivity contribution >= 4 is 32.7 Å². The summed E-state index contributed by atoms with van der Waals surface area (Å²) in [7, 11) is -4.06. The molecular formula is C21H23F2N7O3S2. The van der Waals surface area contributed by atoms with Crippen LogP contribution in [0.25, 0.3) is 16.3 Å². The van der Waals surface area contributed by atoms with Gasteiger partial charge in [0.05, 0.1) is 37.2 Å². The van der Waals surface area contributed by atoms with E-state index >= 15 is 0 Å². The predicted molar refractivity (Wildman–Crippen MR) is 124 cm³/mol. The summed E-state index contributed by atoms with van der Waals surface area (Å²) in [6, 6.07) is 3.70. The molecule has 3 aromatic rings. The molecule has 3 aromatic heterocycles. The Morgan fingerprint density at radius 1 is 1.34 bits per heavy atom. The number of nitrogens with zero attached hydrogens (tertiary/aromatic N) is 6. The number of anilines is 1. The molecule has 1 saturated heterocycles. The summed E-state index contributed by atoms with van der Waals surface area (Å²) in [5, 5.41) is 16.6. The van der Waals surface area contributed by atoms with E-state index in [2.05, 4.69) is 24.8 Å². The van der Waals surface area contributed by atoms with Crippen LogP contribution in [0.2, 0.25) is 0 Å². The molecule has 2 aliphatic carbocycles. The summed E-state index contributed by atoms with van der Waals surface area (Å²) in [5.41, 5.74) is 0.369. The van der Waals surface area contributed by atoms with Gasteiger partial charge < -0.3 is 9.64 Å². The van der Waals surface area contributed by atoms with Gasteiger partial charge in [0.2, 0.25) is 10.0 Å². The lowest BCUT2D eigenvalue weighted by Gasteiger charge is -2.38. The second-order valence-corrected chi connectivity index (χ2v) is 11.8. The van der Waals surface area contributed by atoms with Crippen molar-refractivity contribution < 1.29 is 23.4 Å². The minimum absolute atomic E-state index is 0.